The molecule has 3 rings (SSSR count). The molecule has 1 aliphatic rings. The summed E-state index contributed by atoms with van der Waals surface area (Å²) in [6, 6.07) is 18.3. The van der Waals surface area contributed by atoms with E-state index in [0.29, 0.717) is 0 Å². The number of benzene rings is 2. The standard InChI is InChI=1S/C27H38O3Si/c1-4-29-31(3,30-5-2)21-11-7-10-20-28-27-19-13-17-25-22-24(16-12-18-26(25)27)23-14-8-6-9-15-23/h6,8-9,13-15,17,19,22H,4-5,7,10-12,16,18,20-21H2,1-3H3. The van der Waals surface area contributed by atoms with E-state index in [1.807, 2.05) is 0 Å². The number of allylic oxidation sites excluding steroid dienone is 1. The van der Waals surface area contributed by atoms with Crippen molar-refractivity contribution in [1.29, 1.82) is 0 Å². The van der Waals surface area contributed by atoms with Gasteiger partial charge in [-0.2, -0.15) is 0 Å². The fraction of sp³-hybridized carbons (Fsp3) is 0.481. The maximum Gasteiger partial charge on any atom is 0.334 e. The van der Waals surface area contributed by atoms with Gasteiger partial charge in [-0.25, -0.2) is 0 Å². The molecule has 0 atom stereocenters. The minimum atomic E-state index is -1.98. The average molecular weight is 439 g/mol. The molecule has 0 unspecified atom stereocenters. The van der Waals surface area contributed by atoms with Crippen molar-refractivity contribution < 1.29 is 13.6 Å². The molecule has 0 N–H and O–H groups in total. The molecule has 0 spiro atoms. The zero-order valence-corrected chi connectivity index (χ0v) is 20.5. The number of hydrogen-bond donors (Lipinski definition) is 0. The van der Waals surface area contributed by atoms with Crippen LogP contribution in [0.4, 0.5) is 0 Å². The lowest BCUT2D eigenvalue weighted by atomic mass is 10.0. The van der Waals surface area contributed by atoms with Crippen LogP contribution in [0, 0.1) is 0 Å². The summed E-state index contributed by atoms with van der Waals surface area (Å²) in [5, 5.41) is 0. The lowest BCUT2D eigenvalue weighted by molar-refractivity contribution is 0.187. The predicted octanol–water partition coefficient (Wildman–Crippen LogP) is 7.26. The predicted molar refractivity (Wildman–Crippen MR) is 133 cm³/mol. The molecule has 4 heteroatoms. The van der Waals surface area contributed by atoms with Gasteiger partial charge in [-0.15, -0.1) is 0 Å². The van der Waals surface area contributed by atoms with Gasteiger partial charge in [-0.05, 0) is 74.9 Å². The Labute approximate surface area is 189 Å². The zero-order valence-electron chi connectivity index (χ0n) is 19.5. The van der Waals surface area contributed by atoms with E-state index in [1.54, 1.807) is 0 Å². The van der Waals surface area contributed by atoms with E-state index in [-0.39, 0.29) is 0 Å². The Bertz CT molecular complexity index is 826. The molecule has 2 aromatic carbocycles. The van der Waals surface area contributed by atoms with Crippen LogP contribution in [0.3, 0.4) is 0 Å². The molecule has 0 amide bonds. The van der Waals surface area contributed by atoms with Crippen molar-refractivity contribution in [3.63, 3.8) is 0 Å². The van der Waals surface area contributed by atoms with E-state index in [1.165, 1.54) is 22.3 Å². The minimum Gasteiger partial charge on any atom is -0.493 e. The molecule has 0 aliphatic heterocycles. The summed E-state index contributed by atoms with van der Waals surface area (Å²) < 4.78 is 18.1. The van der Waals surface area contributed by atoms with Crippen LogP contribution < -0.4 is 4.74 Å². The fourth-order valence-electron chi connectivity index (χ4n) is 4.42. The number of ether oxygens (including phenoxy) is 1. The van der Waals surface area contributed by atoms with Gasteiger partial charge in [0.15, 0.2) is 0 Å². The summed E-state index contributed by atoms with van der Waals surface area (Å²) >= 11 is 0. The Morgan fingerprint density at radius 2 is 1.61 bits per heavy atom. The molecule has 0 saturated heterocycles. The van der Waals surface area contributed by atoms with Crippen LogP contribution in [-0.2, 0) is 15.3 Å². The van der Waals surface area contributed by atoms with Crippen LogP contribution in [-0.4, -0.2) is 28.4 Å². The van der Waals surface area contributed by atoms with Gasteiger partial charge in [0.1, 0.15) is 5.75 Å². The Morgan fingerprint density at radius 3 is 2.35 bits per heavy atom. The van der Waals surface area contributed by atoms with E-state index in [2.05, 4.69) is 75.0 Å². The molecular weight excluding hydrogens is 400 g/mol. The number of rotatable bonds is 12. The van der Waals surface area contributed by atoms with Crippen LogP contribution in [0.2, 0.25) is 12.6 Å². The Kier molecular flexibility index (Phi) is 9.38. The molecule has 3 nitrogen and oxygen atoms in total. The molecule has 31 heavy (non-hydrogen) atoms. The topological polar surface area (TPSA) is 27.7 Å². The molecule has 0 heterocycles. The lowest BCUT2D eigenvalue weighted by Gasteiger charge is -2.25. The molecule has 1 aliphatic carbocycles. The van der Waals surface area contributed by atoms with Crippen molar-refractivity contribution in [1.82, 2.24) is 0 Å². The van der Waals surface area contributed by atoms with E-state index in [9.17, 15) is 0 Å². The van der Waals surface area contributed by atoms with Crippen LogP contribution >= 0.6 is 0 Å². The highest BCUT2D eigenvalue weighted by Crippen LogP contribution is 2.33. The third-order valence-corrected chi connectivity index (χ3v) is 9.01. The lowest BCUT2D eigenvalue weighted by Crippen LogP contribution is -2.38. The first kappa shape index (κ1) is 23.8. The van der Waals surface area contributed by atoms with Gasteiger partial charge in [0.25, 0.3) is 0 Å². The second-order valence-electron chi connectivity index (χ2n) is 8.37. The third-order valence-electron chi connectivity index (χ3n) is 5.95. The molecule has 0 radical (unpaired) electrons. The zero-order chi connectivity index (χ0) is 21.9. The summed E-state index contributed by atoms with van der Waals surface area (Å²) in [7, 11) is -1.98. The third kappa shape index (κ3) is 7.06. The smallest absolute Gasteiger partial charge is 0.334 e. The maximum absolute atomic E-state index is 6.25. The number of hydrogen-bond acceptors (Lipinski definition) is 3. The summed E-state index contributed by atoms with van der Waals surface area (Å²) in [6.07, 6.45) is 9.06. The largest absolute Gasteiger partial charge is 0.493 e. The second kappa shape index (κ2) is 12.2. The van der Waals surface area contributed by atoms with Gasteiger partial charge in [-0.3, -0.25) is 0 Å². The Balaban J connectivity index is 1.53. The maximum atomic E-state index is 6.25. The van der Waals surface area contributed by atoms with E-state index >= 15 is 0 Å². The highest BCUT2D eigenvalue weighted by Gasteiger charge is 2.29. The van der Waals surface area contributed by atoms with Crippen molar-refractivity contribution in [3.05, 3.63) is 65.2 Å². The molecule has 0 saturated carbocycles. The van der Waals surface area contributed by atoms with Crippen molar-refractivity contribution in [2.45, 2.75) is 65.0 Å². The van der Waals surface area contributed by atoms with Gasteiger partial charge in [0.05, 0.1) is 6.61 Å². The van der Waals surface area contributed by atoms with E-state index in [4.69, 9.17) is 13.6 Å². The quantitative estimate of drug-likeness (QED) is 0.258. The summed E-state index contributed by atoms with van der Waals surface area (Å²) in [6.45, 7) is 8.55. The van der Waals surface area contributed by atoms with Gasteiger partial charge in [0, 0.05) is 18.8 Å². The van der Waals surface area contributed by atoms with Crippen LogP contribution in [0.1, 0.15) is 62.6 Å². The monoisotopic (exact) mass is 438 g/mol. The first-order valence-electron chi connectivity index (χ1n) is 11.9. The fourth-order valence-corrected chi connectivity index (χ4v) is 6.91. The van der Waals surface area contributed by atoms with Crippen molar-refractivity contribution in [2.75, 3.05) is 19.8 Å². The Morgan fingerprint density at radius 1 is 0.839 bits per heavy atom. The van der Waals surface area contributed by atoms with Crippen LogP contribution in [0.25, 0.3) is 11.6 Å². The highest BCUT2D eigenvalue weighted by atomic mass is 28.4. The van der Waals surface area contributed by atoms with E-state index < -0.39 is 8.56 Å². The minimum absolute atomic E-state index is 0.741. The molecule has 168 valence electrons. The Hall–Kier alpha value is -1.88. The summed E-state index contributed by atoms with van der Waals surface area (Å²) in [5.41, 5.74) is 5.42. The van der Waals surface area contributed by atoms with Gasteiger partial charge in [-0.1, -0.05) is 61.4 Å². The highest BCUT2D eigenvalue weighted by molar-refractivity contribution is 6.66. The first-order chi connectivity index (χ1) is 15.1. The molecule has 0 fully saturated rings. The average Bonchev–Trinajstić information content (AvgIpc) is 3.00. The summed E-state index contributed by atoms with van der Waals surface area (Å²) in [4.78, 5) is 0. The van der Waals surface area contributed by atoms with Crippen molar-refractivity contribution in [3.8, 4) is 5.75 Å². The van der Waals surface area contributed by atoms with Gasteiger partial charge in [0.2, 0.25) is 0 Å². The first-order valence-corrected chi connectivity index (χ1v) is 14.5. The van der Waals surface area contributed by atoms with Crippen molar-refractivity contribution >= 4 is 20.2 Å². The van der Waals surface area contributed by atoms with Gasteiger partial charge < -0.3 is 13.6 Å². The molecule has 2 aromatic rings. The molecule has 0 bridgehead atoms. The van der Waals surface area contributed by atoms with E-state index in [0.717, 1.165) is 70.1 Å². The SMILES string of the molecule is CCO[Si](C)(CCCCCOc1cccc2c1CCCC(c1ccccc1)=C2)OCC. The molecular formula is C27H38O3Si. The van der Waals surface area contributed by atoms with Crippen molar-refractivity contribution in [2.24, 2.45) is 0 Å². The second-order valence-corrected chi connectivity index (χ2v) is 11.7. The normalized spacial score (nSPS) is 14.0. The van der Waals surface area contributed by atoms with Crippen LogP contribution in [0.5, 0.6) is 5.75 Å². The van der Waals surface area contributed by atoms with Gasteiger partial charge >= 0.3 is 8.56 Å². The number of unbranched alkanes of at least 4 members (excludes halogenated alkanes) is 2. The number of fused-ring (bicyclic) bond motifs is 1. The summed E-state index contributed by atoms with van der Waals surface area (Å²) in [5.74, 6) is 1.06. The van der Waals surface area contributed by atoms with Crippen LogP contribution in [0.15, 0.2) is 48.5 Å². The molecule has 0 aromatic heterocycles.